The minimum atomic E-state index is 0.0644. The summed E-state index contributed by atoms with van der Waals surface area (Å²) in [6, 6.07) is 4.13. The first-order valence-electron chi connectivity index (χ1n) is 8.57. The number of carbonyl (C=O) groups is 1. The van der Waals surface area contributed by atoms with Crippen molar-refractivity contribution in [3.8, 4) is 0 Å². The number of hydrogen-bond donors (Lipinski definition) is 2. The number of nitrogen functional groups attached to an aromatic ring is 1. The summed E-state index contributed by atoms with van der Waals surface area (Å²) in [5.41, 5.74) is 6.60. The summed E-state index contributed by atoms with van der Waals surface area (Å²) in [6.07, 6.45) is 6.79. The van der Waals surface area contributed by atoms with E-state index in [2.05, 4.69) is 10.3 Å². The summed E-state index contributed by atoms with van der Waals surface area (Å²) in [4.78, 5) is 18.7. The van der Waals surface area contributed by atoms with Crippen molar-refractivity contribution in [2.45, 2.75) is 38.1 Å². The maximum atomic E-state index is 12.6. The fraction of sp³-hybridized carbons (Fsp3) is 0.647. The van der Waals surface area contributed by atoms with Gasteiger partial charge in [-0.05, 0) is 44.2 Å². The van der Waals surface area contributed by atoms with Crippen molar-refractivity contribution in [1.82, 2.24) is 9.88 Å². The third-order valence-electron chi connectivity index (χ3n) is 4.71. The molecule has 23 heavy (non-hydrogen) atoms. The molecule has 0 radical (unpaired) electrons. The third kappa shape index (κ3) is 4.34. The van der Waals surface area contributed by atoms with Gasteiger partial charge >= 0.3 is 0 Å². The Hall–Kier alpha value is -1.82. The lowest BCUT2D eigenvalue weighted by Crippen LogP contribution is -2.40. The predicted octanol–water partition coefficient (Wildman–Crippen LogP) is 1.88. The minimum Gasteiger partial charge on any atom is -0.384 e. The van der Waals surface area contributed by atoms with Crippen molar-refractivity contribution in [3.63, 3.8) is 0 Å². The van der Waals surface area contributed by atoms with Gasteiger partial charge < -0.3 is 20.7 Å². The third-order valence-corrected chi connectivity index (χ3v) is 4.71. The summed E-state index contributed by atoms with van der Waals surface area (Å²) < 4.78 is 5.46. The Morgan fingerprint density at radius 1 is 1.26 bits per heavy atom. The van der Waals surface area contributed by atoms with Crippen LogP contribution in [0.4, 0.5) is 11.5 Å². The van der Waals surface area contributed by atoms with Crippen molar-refractivity contribution >= 4 is 17.4 Å². The van der Waals surface area contributed by atoms with E-state index in [0.717, 1.165) is 57.5 Å². The zero-order valence-electron chi connectivity index (χ0n) is 13.5. The highest BCUT2D eigenvalue weighted by Gasteiger charge is 2.28. The van der Waals surface area contributed by atoms with Crippen LogP contribution in [0.5, 0.6) is 0 Å². The van der Waals surface area contributed by atoms with Crippen LogP contribution in [0.2, 0.25) is 0 Å². The topological polar surface area (TPSA) is 80.5 Å². The van der Waals surface area contributed by atoms with E-state index in [1.54, 1.807) is 12.3 Å². The molecule has 2 saturated heterocycles. The summed E-state index contributed by atoms with van der Waals surface area (Å²) in [7, 11) is 0. The van der Waals surface area contributed by atoms with Crippen LogP contribution >= 0.6 is 0 Å². The standard InChI is InChI=1S/C17H26N4O2/c18-16-6-5-15(11-19-16)20-14-4-1-8-21(9-7-14)17(22)13-3-2-10-23-12-13/h5-6,11,13-14,20H,1-4,7-10,12H2,(H2,18,19). The number of anilines is 2. The fourth-order valence-corrected chi connectivity index (χ4v) is 3.38. The maximum absolute atomic E-state index is 12.6. The van der Waals surface area contributed by atoms with Crippen LogP contribution in [0, 0.1) is 5.92 Å². The number of likely N-dealkylation sites (tertiary alicyclic amines) is 1. The lowest BCUT2D eigenvalue weighted by atomic mass is 10.0. The van der Waals surface area contributed by atoms with Gasteiger partial charge in [0.15, 0.2) is 0 Å². The number of nitrogens with zero attached hydrogens (tertiary/aromatic N) is 2. The summed E-state index contributed by atoms with van der Waals surface area (Å²) in [6.45, 7) is 3.06. The minimum absolute atomic E-state index is 0.0644. The molecule has 2 aliphatic heterocycles. The number of hydrogen-bond acceptors (Lipinski definition) is 5. The molecule has 2 atom stereocenters. The molecule has 126 valence electrons. The van der Waals surface area contributed by atoms with E-state index in [4.69, 9.17) is 10.5 Å². The molecule has 3 N–H and O–H groups in total. The molecule has 2 aliphatic rings. The molecule has 3 heterocycles. The normalized spacial score (nSPS) is 25.7. The second-order valence-electron chi connectivity index (χ2n) is 6.48. The molecule has 6 heteroatoms. The SMILES string of the molecule is Nc1ccc(NC2CCCN(C(=O)C3CCCOC3)CC2)cn1. The van der Waals surface area contributed by atoms with Crippen LogP contribution in [0.3, 0.4) is 0 Å². The van der Waals surface area contributed by atoms with E-state index in [9.17, 15) is 4.79 Å². The van der Waals surface area contributed by atoms with Gasteiger partial charge in [-0.3, -0.25) is 4.79 Å². The number of amides is 1. The van der Waals surface area contributed by atoms with Crippen molar-refractivity contribution in [2.75, 3.05) is 37.4 Å². The zero-order chi connectivity index (χ0) is 16.1. The highest BCUT2D eigenvalue weighted by molar-refractivity contribution is 5.79. The molecule has 1 aromatic heterocycles. The van der Waals surface area contributed by atoms with E-state index in [1.165, 1.54) is 0 Å². The highest BCUT2D eigenvalue weighted by atomic mass is 16.5. The van der Waals surface area contributed by atoms with Gasteiger partial charge in [-0.2, -0.15) is 0 Å². The van der Waals surface area contributed by atoms with Crippen molar-refractivity contribution in [1.29, 1.82) is 0 Å². The molecule has 2 fully saturated rings. The lowest BCUT2D eigenvalue weighted by Gasteiger charge is -2.28. The predicted molar refractivity (Wildman–Crippen MR) is 90.0 cm³/mol. The number of carbonyl (C=O) groups excluding carboxylic acids is 1. The Kier molecular flexibility index (Phi) is 5.33. The van der Waals surface area contributed by atoms with Crippen molar-refractivity contribution < 1.29 is 9.53 Å². The molecule has 0 aliphatic carbocycles. The number of pyridine rings is 1. The number of ether oxygens (including phenoxy) is 1. The van der Waals surface area contributed by atoms with Crippen molar-refractivity contribution in [3.05, 3.63) is 18.3 Å². The molecule has 0 spiro atoms. The van der Waals surface area contributed by atoms with Gasteiger partial charge in [-0.1, -0.05) is 0 Å². The van der Waals surface area contributed by atoms with Crippen LogP contribution in [-0.4, -0.2) is 48.1 Å². The van der Waals surface area contributed by atoms with Crippen LogP contribution < -0.4 is 11.1 Å². The van der Waals surface area contributed by atoms with E-state index >= 15 is 0 Å². The van der Waals surface area contributed by atoms with E-state index in [0.29, 0.717) is 18.5 Å². The maximum Gasteiger partial charge on any atom is 0.228 e. The Balaban J connectivity index is 1.52. The molecular formula is C17H26N4O2. The summed E-state index contributed by atoms with van der Waals surface area (Å²) in [5, 5.41) is 3.51. The number of nitrogens with two attached hydrogens (primary N) is 1. The van der Waals surface area contributed by atoms with Crippen LogP contribution in [-0.2, 0) is 9.53 Å². The molecule has 0 aromatic carbocycles. The Morgan fingerprint density at radius 3 is 2.91 bits per heavy atom. The van der Waals surface area contributed by atoms with Gasteiger partial charge in [0.25, 0.3) is 0 Å². The molecule has 0 saturated carbocycles. The van der Waals surface area contributed by atoms with E-state index < -0.39 is 0 Å². The Labute approximate surface area is 137 Å². The molecular weight excluding hydrogens is 292 g/mol. The largest absolute Gasteiger partial charge is 0.384 e. The monoisotopic (exact) mass is 318 g/mol. The smallest absolute Gasteiger partial charge is 0.228 e. The molecule has 2 unspecified atom stereocenters. The van der Waals surface area contributed by atoms with E-state index in [-0.39, 0.29) is 11.8 Å². The number of aromatic nitrogens is 1. The fourth-order valence-electron chi connectivity index (χ4n) is 3.38. The van der Waals surface area contributed by atoms with Crippen molar-refractivity contribution in [2.24, 2.45) is 5.92 Å². The molecule has 6 nitrogen and oxygen atoms in total. The second kappa shape index (κ2) is 7.64. The first-order chi connectivity index (χ1) is 11.2. The first kappa shape index (κ1) is 16.1. The average molecular weight is 318 g/mol. The number of nitrogens with one attached hydrogen (secondary N) is 1. The Morgan fingerprint density at radius 2 is 2.17 bits per heavy atom. The summed E-state index contributed by atoms with van der Waals surface area (Å²) >= 11 is 0. The number of rotatable bonds is 3. The van der Waals surface area contributed by atoms with Crippen LogP contribution in [0.15, 0.2) is 18.3 Å². The molecule has 3 rings (SSSR count). The second-order valence-corrected chi connectivity index (χ2v) is 6.48. The zero-order valence-corrected chi connectivity index (χ0v) is 13.5. The van der Waals surface area contributed by atoms with Gasteiger partial charge in [0.2, 0.25) is 5.91 Å². The quantitative estimate of drug-likeness (QED) is 0.889. The van der Waals surface area contributed by atoms with Crippen LogP contribution in [0.25, 0.3) is 0 Å². The van der Waals surface area contributed by atoms with Crippen LogP contribution in [0.1, 0.15) is 32.1 Å². The molecule has 0 bridgehead atoms. The van der Waals surface area contributed by atoms with Gasteiger partial charge in [-0.25, -0.2) is 4.98 Å². The van der Waals surface area contributed by atoms with Gasteiger partial charge in [-0.15, -0.1) is 0 Å². The van der Waals surface area contributed by atoms with Gasteiger partial charge in [0.05, 0.1) is 24.4 Å². The average Bonchev–Trinajstić information content (AvgIpc) is 2.83. The molecule has 1 aromatic rings. The highest BCUT2D eigenvalue weighted by Crippen LogP contribution is 2.21. The van der Waals surface area contributed by atoms with Gasteiger partial charge in [0, 0.05) is 25.7 Å². The van der Waals surface area contributed by atoms with E-state index in [1.807, 2.05) is 11.0 Å². The summed E-state index contributed by atoms with van der Waals surface area (Å²) in [5.74, 6) is 0.872. The van der Waals surface area contributed by atoms with Gasteiger partial charge in [0.1, 0.15) is 5.82 Å². The lowest BCUT2D eigenvalue weighted by molar-refractivity contribution is -0.139. The molecule has 1 amide bonds. The Bertz CT molecular complexity index is 514. The first-order valence-corrected chi connectivity index (χ1v) is 8.57.